The van der Waals surface area contributed by atoms with Gasteiger partial charge in [0.05, 0.1) is 6.10 Å². The Bertz CT molecular complexity index is 564. The van der Waals surface area contributed by atoms with E-state index >= 15 is 0 Å². The Hall–Kier alpha value is -1.58. The lowest BCUT2D eigenvalue weighted by atomic mass is 10.0. The minimum atomic E-state index is -0.465. The van der Waals surface area contributed by atoms with Crippen LogP contribution in [0.2, 0.25) is 0 Å². The molecule has 0 amide bonds. The minimum Gasteiger partial charge on any atom is -0.491 e. The zero-order chi connectivity index (χ0) is 14.5. The summed E-state index contributed by atoms with van der Waals surface area (Å²) >= 11 is 0. The fourth-order valence-corrected chi connectivity index (χ4v) is 2.15. The van der Waals surface area contributed by atoms with Crippen molar-refractivity contribution >= 4 is 10.8 Å². The number of aliphatic hydroxyl groups is 1. The molecule has 0 aliphatic carbocycles. The van der Waals surface area contributed by atoms with Crippen LogP contribution >= 0.6 is 0 Å². The molecule has 0 aromatic heterocycles. The van der Waals surface area contributed by atoms with Crippen LogP contribution in [0.1, 0.15) is 26.3 Å². The standard InChI is InChI=1S/C17H23NO2/c1-12(2)18-10-16-15-7-5-4-6-14(15)8-9-17(16)20-11-13(3)19/h4-9,12-13,18-19H,10-11H2,1-3H3. The third-order valence-corrected chi connectivity index (χ3v) is 3.16. The van der Waals surface area contributed by atoms with Crippen molar-refractivity contribution in [3.63, 3.8) is 0 Å². The topological polar surface area (TPSA) is 41.5 Å². The second-order valence-electron chi connectivity index (χ2n) is 5.46. The van der Waals surface area contributed by atoms with Crippen LogP contribution in [0.15, 0.2) is 36.4 Å². The minimum absolute atomic E-state index is 0.313. The molecule has 0 heterocycles. The zero-order valence-electron chi connectivity index (χ0n) is 12.4. The van der Waals surface area contributed by atoms with Crippen LogP contribution in [0, 0.1) is 0 Å². The SMILES string of the molecule is CC(O)COc1ccc2ccccc2c1CNC(C)C. The van der Waals surface area contributed by atoms with Crippen molar-refractivity contribution in [1.29, 1.82) is 0 Å². The van der Waals surface area contributed by atoms with Gasteiger partial charge in [-0.2, -0.15) is 0 Å². The van der Waals surface area contributed by atoms with Crippen LogP contribution in [-0.4, -0.2) is 23.9 Å². The summed E-state index contributed by atoms with van der Waals surface area (Å²) in [5.74, 6) is 0.845. The van der Waals surface area contributed by atoms with Gasteiger partial charge in [0.15, 0.2) is 0 Å². The third kappa shape index (κ3) is 3.71. The highest BCUT2D eigenvalue weighted by Crippen LogP contribution is 2.28. The maximum atomic E-state index is 9.40. The number of aliphatic hydroxyl groups excluding tert-OH is 1. The van der Waals surface area contributed by atoms with Crippen molar-refractivity contribution in [3.05, 3.63) is 42.0 Å². The Kier molecular flexibility index (Phi) is 4.99. The Balaban J connectivity index is 2.36. The first kappa shape index (κ1) is 14.8. The number of rotatable bonds is 6. The molecule has 1 unspecified atom stereocenters. The van der Waals surface area contributed by atoms with Crippen molar-refractivity contribution in [3.8, 4) is 5.75 Å². The second kappa shape index (κ2) is 6.73. The van der Waals surface area contributed by atoms with Gasteiger partial charge in [0.1, 0.15) is 12.4 Å². The number of fused-ring (bicyclic) bond motifs is 1. The Labute approximate surface area is 120 Å². The first-order valence-electron chi connectivity index (χ1n) is 7.13. The van der Waals surface area contributed by atoms with Gasteiger partial charge in [-0.15, -0.1) is 0 Å². The predicted molar refractivity (Wildman–Crippen MR) is 83.1 cm³/mol. The second-order valence-corrected chi connectivity index (χ2v) is 5.46. The van der Waals surface area contributed by atoms with Crippen LogP contribution in [0.3, 0.4) is 0 Å². The number of ether oxygens (including phenoxy) is 1. The Morgan fingerprint density at radius 1 is 1.10 bits per heavy atom. The molecule has 2 aromatic rings. The van der Waals surface area contributed by atoms with Gasteiger partial charge >= 0.3 is 0 Å². The summed E-state index contributed by atoms with van der Waals surface area (Å²) < 4.78 is 5.75. The van der Waals surface area contributed by atoms with Gasteiger partial charge in [-0.25, -0.2) is 0 Å². The molecular weight excluding hydrogens is 250 g/mol. The lowest BCUT2D eigenvalue weighted by Crippen LogP contribution is -2.23. The van der Waals surface area contributed by atoms with E-state index in [1.807, 2.05) is 18.2 Å². The lowest BCUT2D eigenvalue weighted by Gasteiger charge is -2.17. The average Bonchev–Trinajstić information content (AvgIpc) is 2.42. The number of benzene rings is 2. The molecule has 20 heavy (non-hydrogen) atoms. The molecule has 0 fully saturated rings. The van der Waals surface area contributed by atoms with E-state index in [1.165, 1.54) is 10.8 Å². The molecule has 0 spiro atoms. The molecule has 2 aromatic carbocycles. The fraction of sp³-hybridized carbons (Fsp3) is 0.412. The van der Waals surface area contributed by atoms with E-state index in [1.54, 1.807) is 6.92 Å². The van der Waals surface area contributed by atoms with Crippen LogP contribution < -0.4 is 10.1 Å². The first-order valence-corrected chi connectivity index (χ1v) is 7.13. The van der Waals surface area contributed by atoms with E-state index in [0.29, 0.717) is 12.6 Å². The van der Waals surface area contributed by atoms with Gasteiger partial charge in [-0.1, -0.05) is 44.2 Å². The Morgan fingerprint density at radius 3 is 2.55 bits per heavy atom. The maximum Gasteiger partial charge on any atom is 0.124 e. The van der Waals surface area contributed by atoms with Gasteiger partial charge in [-0.3, -0.25) is 0 Å². The van der Waals surface area contributed by atoms with Crippen molar-refractivity contribution in [2.45, 2.75) is 39.5 Å². The summed E-state index contributed by atoms with van der Waals surface area (Å²) in [6.07, 6.45) is -0.465. The summed E-state index contributed by atoms with van der Waals surface area (Å²) in [5, 5.41) is 15.2. The average molecular weight is 273 g/mol. The molecule has 1 atom stereocenters. The van der Waals surface area contributed by atoms with Gasteiger partial charge < -0.3 is 15.2 Å². The van der Waals surface area contributed by atoms with Gasteiger partial charge in [0.2, 0.25) is 0 Å². The van der Waals surface area contributed by atoms with Crippen molar-refractivity contribution in [2.24, 2.45) is 0 Å². The molecule has 2 N–H and O–H groups in total. The van der Waals surface area contributed by atoms with E-state index in [0.717, 1.165) is 17.9 Å². The van der Waals surface area contributed by atoms with Crippen molar-refractivity contribution in [2.75, 3.05) is 6.61 Å². The molecule has 0 aliphatic heterocycles. The van der Waals surface area contributed by atoms with Crippen molar-refractivity contribution < 1.29 is 9.84 Å². The first-order chi connectivity index (χ1) is 9.58. The number of nitrogens with one attached hydrogen (secondary N) is 1. The molecule has 0 bridgehead atoms. The summed E-state index contributed by atoms with van der Waals surface area (Å²) in [5.41, 5.74) is 1.15. The van der Waals surface area contributed by atoms with E-state index in [2.05, 4.69) is 37.4 Å². The summed E-state index contributed by atoms with van der Waals surface area (Å²) in [6.45, 7) is 7.05. The van der Waals surface area contributed by atoms with Gasteiger partial charge in [0.25, 0.3) is 0 Å². The van der Waals surface area contributed by atoms with Crippen LogP contribution in [0.25, 0.3) is 10.8 Å². The highest BCUT2D eigenvalue weighted by atomic mass is 16.5. The molecule has 0 radical (unpaired) electrons. The van der Waals surface area contributed by atoms with E-state index in [-0.39, 0.29) is 0 Å². The third-order valence-electron chi connectivity index (χ3n) is 3.16. The van der Waals surface area contributed by atoms with Crippen LogP contribution in [0.4, 0.5) is 0 Å². The van der Waals surface area contributed by atoms with Crippen molar-refractivity contribution in [1.82, 2.24) is 5.32 Å². The van der Waals surface area contributed by atoms with Crippen LogP contribution in [0.5, 0.6) is 5.75 Å². The zero-order valence-corrected chi connectivity index (χ0v) is 12.4. The largest absolute Gasteiger partial charge is 0.491 e. The molecule has 2 rings (SSSR count). The van der Waals surface area contributed by atoms with Gasteiger partial charge in [0, 0.05) is 18.2 Å². The van der Waals surface area contributed by atoms with E-state index in [9.17, 15) is 5.11 Å². The molecule has 108 valence electrons. The van der Waals surface area contributed by atoms with E-state index in [4.69, 9.17) is 4.74 Å². The monoisotopic (exact) mass is 273 g/mol. The molecule has 0 saturated carbocycles. The number of hydrogen-bond acceptors (Lipinski definition) is 3. The Morgan fingerprint density at radius 2 is 1.85 bits per heavy atom. The predicted octanol–water partition coefficient (Wildman–Crippen LogP) is 3.10. The molecular formula is C17H23NO2. The lowest BCUT2D eigenvalue weighted by molar-refractivity contribution is 0.122. The summed E-state index contributed by atoms with van der Waals surface area (Å²) in [7, 11) is 0. The molecule has 0 saturated heterocycles. The maximum absolute atomic E-state index is 9.40. The molecule has 0 aliphatic rings. The van der Waals surface area contributed by atoms with Gasteiger partial charge in [-0.05, 0) is 23.8 Å². The highest BCUT2D eigenvalue weighted by Gasteiger charge is 2.10. The molecule has 3 nitrogen and oxygen atoms in total. The van der Waals surface area contributed by atoms with E-state index < -0.39 is 6.10 Å². The van der Waals surface area contributed by atoms with Crippen LogP contribution in [-0.2, 0) is 6.54 Å². The summed E-state index contributed by atoms with van der Waals surface area (Å²) in [6, 6.07) is 12.8. The fourth-order valence-electron chi connectivity index (χ4n) is 2.15. The highest BCUT2D eigenvalue weighted by molar-refractivity contribution is 5.87. The summed E-state index contributed by atoms with van der Waals surface area (Å²) in [4.78, 5) is 0. The smallest absolute Gasteiger partial charge is 0.124 e. The quantitative estimate of drug-likeness (QED) is 0.850. The molecule has 3 heteroatoms. The number of hydrogen-bond donors (Lipinski definition) is 2. The normalized spacial score (nSPS) is 12.8.